The van der Waals surface area contributed by atoms with Gasteiger partial charge in [-0.25, -0.2) is 0 Å². The van der Waals surface area contributed by atoms with Crippen LogP contribution in [0.2, 0.25) is 5.02 Å². The Kier molecular flexibility index (Phi) is 5.32. The highest BCUT2D eigenvalue weighted by molar-refractivity contribution is 6.30. The fraction of sp³-hybridized carbons (Fsp3) is 0.333. The lowest BCUT2D eigenvalue weighted by Gasteiger charge is -2.45. The quantitative estimate of drug-likeness (QED) is 0.752. The Morgan fingerprint density at radius 2 is 1.70 bits per heavy atom. The van der Waals surface area contributed by atoms with Gasteiger partial charge in [0, 0.05) is 49.9 Å². The molecule has 0 atom stereocenters. The van der Waals surface area contributed by atoms with Gasteiger partial charge < -0.3 is 4.90 Å². The van der Waals surface area contributed by atoms with Crippen molar-refractivity contribution in [2.45, 2.75) is 25.9 Å². The molecule has 2 aromatic carbocycles. The Bertz CT molecular complexity index is 1000. The minimum absolute atomic E-state index is 0.0922. The minimum atomic E-state index is 0.0922. The van der Waals surface area contributed by atoms with Gasteiger partial charge in [-0.15, -0.1) is 0 Å². The van der Waals surface area contributed by atoms with Gasteiger partial charge in [0.25, 0.3) is 5.91 Å². The van der Waals surface area contributed by atoms with Crippen molar-refractivity contribution in [3.8, 4) is 0 Å². The van der Waals surface area contributed by atoms with Crippen LogP contribution < -0.4 is 0 Å². The zero-order valence-electron chi connectivity index (χ0n) is 16.9. The molecule has 0 aromatic heterocycles. The summed E-state index contributed by atoms with van der Waals surface area (Å²) in [5.74, 6) is 0.908. The topological polar surface area (TPSA) is 39.2 Å². The number of fused-ring (bicyclic) bond motifs is 2. The standard InChI is InChI=1S/C24H25ClN4O/c25-20-9-7-19(8-10-20)16-29-23(30)21-17-27(15-18-5-2-1-3-6-18)14-11-22(21)28-13-4-12-26-24(28)29/h1-3,5-10H,4,11-17H2. The average Bonchev–Trinajstić information content (AvgIpc) is 2.79. The molecule has 0 unspecified atom stereocenters. The van der Waals surface area contributed by atoms with Crippen LogP contribution in [0.4, 0.5) is 0 Å². The van der Waals surface area contributed by atoms with E-state index < -0.39 is 0 Å². The number of aliphatic imine (C=N–C) groups is 1. The normalized spacial score (nSPS) is 19.5. The Morgan fingerprint density at radius 3 is 2.50 bits per heavy atom. The Labute approximate surface area is 182 Å². The molecule has 0 fully saturated rings. The van der Waals surface area contributed by atoms with Crippen LogP contribution in [0.5, 0.6) is 0 Å². The predicted octanol–water partition coefficient (Wildman–Crippen LogP) is 3.90. The second-order valence-electron chi connectivity index (χ2n) is 8.08. The van der Waals surface area contributed by atoms with E-state index in [4.69, 9.17) is 16.6 Å². The van der Waals surface area contributed by atoms with E-state index >= 15 is 0 Å². The minimum Gasteiger partial charge on any atom is -0.315 e. The van der Waals surface area contributed by atoms with E-state index in [9.17, 15) is 4.79 Å². The number of nitrogens with zero attached hydrogens (tertiary/aromatic N) is 4. The molecule has 3 aliphatic rings. The van der Waals surface area contributed by atoms with E-state index in [1.807, 2.05) is 35.2 Å². The van der Waals surface area contributed by atoms with Crippen LogP contribution in [-0.2, 0) is 17.9 Å². The van der Waals surface area contributed by atoms with E-state index in [0.717, 1.165) is 56.1 Å². The van der Waals surface area contributed by atoms with Crippen molar-refractivity contribution >= 4 is 23.5 Å². The van der Waals surface area contributed by atoms with Gasteiger partial charge in [-0.05, 0) is 29.7 Å². The number of carbonyl (C=O) groups excluding carboxylic acids is 1. The monoisotopic (exact) mass is 420 g/mol. The van der Waals surface area contributed by atoms with Crippen LogP contribution in [0.3, 0.4) is 0 Å². The molecule has 30 heavy (non-hydrogen) atoms. The highest BCUT2D eigenvalue weighted by Gasteiger charge is 2.40. The lowest BCUT2D eigenvalue weighted by molar-refractivity contribution is -0.125. The van der Waals surface area contributed by atoms with Crippen LogP contribution in [-0.4, -0.2) is 52.7 Å². The Morgan fingerprint density at radius 1 is 0.933 bits per heavy atom. The molecule has 5 nitrogen and oxygen atoms in total. The van der Waals surface area contributed by atoms with Gasteiger partial charge in [-0.2, -0.15) is 0 Å². The summed E-state index contributed by atoms with van der Waals surface area (Å²) in [7, 11) is 0. The number of benzene rings is 2. The molecule has 154 valence electrons. The van der Waals surface area contributed by atoms with Crippen LogP contribution in [0.15, 0.2) is 70.9 Å². The smallest absolute Gasteiger partial charge is 0.259 e. The first-order valence-electron chi connectivity index (χ1n) is 10.6. The number of halogens is 1. The first-order valence-corrected chi connectivity index (χ1v) is 10.9. The van der Waals surface area contributed by atoms with E-state index in [0.29, 0.717) is 18.1 Å². The third-order valence-corrected chi connectivity index (χ3v) is 6.25. The fourth-order valence-corrected chi connectivity index (χ4v) is 4.65. The van der Waals surface area contributed by atoms with Gasteiger partial charge >= 0.3 is 0 Å². The zero-order chi connectivity index (χ0) is 20.5. The van der Waals surface area contributed by atoms with Crippen molar-refractivity contribution in [3.63, 3.8) is 0 Å². The van der Waals surface area contributed by atoms with E-state index in [-0.39, 0.29) is 5.91 Å². The molecule has 0 saturated heterocycles. The summed E-state index contributed by atoms with van der Waals surface area (Å²) in [6, 6.07) is 18.2. The summed E-state index contributed by atoms with van der Waals surface area (Å²) in [6.07, 6.45) is 1.92. The first-order chi connectivity index (χ1) is 14.7. The van der Waals surface area contributed by atoms with Crippen molar-refractivity contribution in [1.82, 2.24) is 14.7 Å². The van der Waals surface area contributed by atoms with E-state index in [2.05, 4.69) is 34.1 Å². The second-order valence-corrected chi connectivity index (χ2v) is 8.51. The lowest BCUT2D eigenvalue weighted by Crippen LogP contribution is -2.56. The molecule has 0 bridgehead atoms. The molecule has 5 rings (SSSR count). The molecule has 6 heteroatoms. The number of amides is 1. The molecular formula is C24H25ClN4O. The second kappa shape index (κ2) is 8.25. The predicted molar refractivity (Wildman–Crippen MR) is 119 cm³/mol. The number of rotatable bonds is 4. The highest BCUT2D eigenvalue weighted by atomic mass is 35.5. The largest absolute Gasteiger partial charge is 0.315 e. The number of hydrogen-bond donors (Lipinski definition) is 0. The molecule has 1 amide bonds. The average molecular weight is 421 g/mol. The molecule has 0 saturated carbocycles. The molecule has 3 aliphatic heterocycles. The maximum Gasteiger partial charge on any atom is 0.259 e. The Hall–Kier alpha value is -2.63. The molecule has 0 N–H and O–H groups in total. The SMILES string of the molecule is O=C1C2=C(CCN(Cc3ccccc3)C2)N2CCCN=C2N1Cc1ccc(Cl)cc1. The summed E-state index contributed by atoms with van der Waals surface area (Å²) in [4.78, 5) is 24.9. The number of guanidine groups is 1. The van der Waals surface area contributed by atoms with Gasteiger partial charge in [0.05, 0.1) is 12.1 Å². The maximum absolute atomic E-state index is 13.6. The first kappa shape index (κ1) is 19.3. The summed E-state index contributed by atoms with van der Waals surface area (Å²) >= 11 is 6.04. The third kappa shape index (κ3) is 3.75. The molecule has 2 aromatic rings. The highest BCUT2D eigenvalue weighted by Crippen LogP contribution is 2.32. The van der Waals surface area contributed by atoms with Crippen molar-refractivity contribution < 1.29 is 4.79 Å². The van der Waals surface area contributed by atoms with Gasteiger partial charge in [0.15, 0.2) is 0 Å². The van der Waals surface area contributed by atoms with Gasteiger partial charge in [-0.1, -0.05) is 54.1 Å². The fourth-order valence-electron chi connectivity index (χ4n) is 4.52. The molecule has 3 heterocycles. The summed E-state index contributed by atoms with van der Waals surface area (Å²) in [5.41, 5.74) is 4.44. The summed E-state index contributed by atoms with van der Waals surface area (Å²) in [5, 5.41) is 0.703. The lowest BCUT2D eigenvalue weighted by atomic mass is 9.99. The van der Waals surface area contributed by atoms with Crippen molar-refractivity contribution in [1.29, 1.82) is 0 Å². The molecule has 0 spiro atoms. The van der Waals surface area contributed by atoms with Gasteiger partial charge in [0.1, 0.15) is 0 Å². The van der Waals surface area contributed by atoms with Crippen LogP contribution in [0.25, 0.3) is 0 Å². The van der Waals surface area contributed by atoms with Gasteiger partial charge in [0.2, 0.25) is 5.96 Å². The van der Waals surface area contributed by atoms with Crippen LogP contribution in [0.1, 0.15) is 24.0 Å². The van der Waals surface area contributed by atoms with Crippen molar-refractivity contribution in [2.75, 3.05) is 26.2 Å². The molecule has 0 radical (unpaired) electrons. The Balaban J connectivity index is 1.42. The van der Waals surface area contributed by atoms with Crippen LogP contribution >= 0.6 is 11.6 Å². The third-order valence-electron chi connectivity index (χ3n) is 6.00. The van der Waals surface area contributed by atoms with E-state index in [1.165, 1.54) is 11.3 Å². The summed E-state index contributed by atoms with van der Waals surface area (Å²) < 4.78 is 0. The molecule has 0 aliphatic carbocycles. The van der Waals surface area contributed by atoms with Gasteiger partial charge in [-0.3, -0.25) is 19.6 Å². The zero-order valence-corrected chi connectivity index (χ0v) is 17.7. The number of hydrogen-bond acceptors (Lipinski definition) is 4. The maximum atomic E-state index is 13.6. The van der Waals surface area contributed by atoms with E-state index in [1.54, 1.807) is 0 Å². The number of carbonyl (C=O) groups is 1. The molecular weight excluding hydrogens is 396 g/mol. The van der Waals surface area contributed by atoms with Crippen molar-refractivity contribution in [2.24, 2.45) is 4.99 Å². The van der Waals surface area contributed by atoms with Crippen molar-refractivity contribution in [3.05, 3.63) is 82.0 Å². The van der Waals surface area contributed by atoms with Crippen LogP contribution in [0, 0.1) is 0 Å². The summed E-state index contributed by atoms with van der Waals surface area (Å²) in [6.45, 7) is 4.73.